The molecule has 1 spiro atoms. The third-order valence-electron chi connectivity index (χ3n) is 8.59. The smallest absolute Gasteiger partial charge is 0.0594 e. The lowest BCUT2D eigenvalue weighted by molar-refractivity contribution is -0.180. The van der Waals surface area contributed by atoms with Crippen molar-refractivity contribution in [1.29, 1.82) is 0 Å². The summed E-state index contributed by atoms with van der Waals surface area (Å²) in [6.07, 6.45) is 10.4. The summed E-state index contributed by atoms with van der Waals surface area (Å²) in [6.45, 7) is 11.7. The van der Waals surface area contributed by atoms with Gasteiger partial charge in [0.05, 0.1) is 6.10 Å². The first-order valence-corrected chi connectivity index (χ1v) is 9.15. The standard InChI is InChI=1S/C20H32O/c1-13-11-20-10-7-15-18(2,3)17(21)8-9-19(15,4)16(20)6-5-14(13)12-20/h14-17,21H,1,5-12H2,2-4H3/t14?,15-,16?,17-,19-,20?/m1/s1. The summed E-state index contributed by atoms with van der Waals surface area (Å²) in [5.41, 5.74) is 2.70. The highest BCUT2D eigenvalue weighted by Gasteiger charge is 2.64. The van der Waals surface area contributed by atoms with Crippen LogP contribution in [0.3, 0.4) is 0 Å². The van der Waals surface area contributed by atoms with Gasteiger partial charge in [0.2, 0.25) is 0 Å². The molecule has 4 saturated carbocycles. The zero-order valence-electron chi connectivity index (χ0n) is 14.1. The van der Waals surface area contributed by atoms with Crippen molar-refractivity contribution in [3.05, 3.63) is 12.2 Å². The fourth-order valence-corrected chi connectivity index (χ4v) is 7.57. The highest BCUT2D eigenvalue weighted by molar-refractivity contribution is 5.22. The van der Waals surface area contributed by atoms with Crippen LogP contribution in [0.15, 0.2) is 12.2 Å². The molecule has 0 radical (unpaired) electrons. The molecular weight excluding hydrogens is 256 g/mol. The molecule has 0 amide bonds. The molecule has 21 heavy (non-hydrogen) atoms. The largest absolute Gasteiger partial charge is 0.393 e. The van der Waals surface area contributed by atoms with Gasteiger partial charge in [-0.2, -0.15) is 0 Å². The van der Waals surface area contributed by atoms with Crippen LogP contribution in [-0.2, 0) is 0 Å². The van der Waals surface area contributed by atoms with E-state index >= 15 is 0 Å². The summed E-state index contributed by atoms with van der Waals surface area (Å²) in [5, 5.41) is 10.5. The first-order valence-electron chi connectivity index (χ1n) is 9.15. The summed E-state index contributed by atoms with van der Waals surface area (Å²) < 4.78 is 0. The van der Waals surface area contributed by atoms with Crippen molar-refractivity contribution >= 4 is 0 Å². The first-order chi connectivity index (χ1) is 9.80. The van der Waals surface area contributed by atoms with Crippen molar-refractivity contribution in [2.45, 2.75) is 78.2 Å². The Hall–Kier alpha value is -0.300. The van der Waals surface area contributed by atoms with E-state index in [2.05, 4.69) is 27.4 Å². The normalized spacial score (nSPS) is 55.0. The summed E-state index contributed by atoms with van der Waals surface area (Å²) in [6, 6.07) is 0. The van der Waals surface area contributed by atoms with Gasteiger partial charge >= 0.3 is 0 Å². The number of fused-ring (bicyclic) bond motifs is 3. The second kappa shape index (κ2) is 4.16. The van der Waals surface area contributed by atoms with Crippen LogP contribution >= 0.6 is 0 Å². The summed E-state index contributed by atoms with van der Waals surface area (Å²) >= 11 is 0. The Bertz CT molecular complexity index is 478. The van der Waals surface area contributed by atoms with Gasteiger partial charge in [-0.15, -0.1) is 0 Å². The maximum atomic E-state index is 10.5. The predicted octanol–water partition coefficient (Wildman–Crippen LogP) is 4.95. The van der Waals surface area contributed by atoms with Gasteiger partial charge in [0.25, 0.3) is 0 Å². The zero-order chi connectivity index (χ0) is 15.0. The molecule has 1 heteroatoms. The van der Waals surface area contributed by atoms with E-state index in [1.54, 1.807) is 5.57 Å². The number of aliphatic hydroxyl groups is 1. The quantitative estimate of drug-likeness (QED) is 0.626. The maximum absolute atomic E-state index is 10.5. The molecule has 1 N–H and O–H groups in total. The number of rotatable bonds is 0. The van der Waals surface area contributed by atoms with Crippen molar-refractivity contribution in [2.24, 2.45) is 34.0 Å². The molecule has 3 unspecified atom stereocenters. The van der Waals surface area contributed by atoms with Crippen molar-refractivity contribution in [3.63, 3.8) is 0 Å². The third kappa shape index (κ3) is 1.68. The molecule has 0 aromatic carbocycles. The van der Waals surface area contributed by atoms with Gasteiger partial charge in [-0.05, 0) is 85.4 Å². The van der Waals surface area contributed by atoms with Crippen LogP contribution in [0, 0.1) is 34.0 Å². The van der Waals surface area contributed by atoms with E-state index in [-0.39, 0.29) is 11.5 Å². The highest BCUT2D eigenvalue weighted by atomic mass is 16.3. The molecule has 4 fully saturated rings. The van der Waals surface area contributed by atoms with Crippen LogP contribution in [-0.4, -0.2) is 11.2 Å². The van der Waals surface area contributed by atoms with Crippen LogP contribution in [0.5, 0.6) is 0 Å². The van der Waals surface area contributed by atoms with Gasteiger partial charge in [-0.1, -0.05) is 32.9 Å². The van der Waals surface area contributed by atoms with E-state index in [0.29, 0.717) is 16.7 Å². The zero-order valence-corrected chi connectivity index (χ0v) is 14.1. The van der Waals surface area contributed by atoms with Crippen LogP contribution in [0.25, 0.3) is 0 Å². The Morgan fingerprint density at radius 2 is 1.76 bits per heavy atom. The molecule has 4 aliphatic rings. The lowest BCUT2D eigenvalue weighted by Gasteiger charge is -2.64. The summed E-state index contributed by atoms with van der Waals surface area (Å²) in [5.74, 6) is 2.42. The molecule has 0 heterocycles. The SMILES string of the molecule is C=C1CC23CC[C@@H]4C(C)(C)[C@H](O)CC[C@@]4(C)C2CCC1C3. The van der Waals surface area contributed by atoms with E-state index in [1.807, 2.05) is 0 Å². The third-order valence-corrected chi connectivity index (χ3v) is 8.59. The molecule has 6 atom stereocenters. The molecule has 0 aromatic heterocycles. The Kier molecular flexibility index (Phi) is 2.83. The summed E-state index contributed by atoms with van der Waals surface area (Å²) in [4.78, 5) is 0. The fourth-order valence-electron chi connectivity index (χ4n) is 7.57. The molecule has 1 nitrogen and oxygen atoms in total. The van der Waals surface area contributed by atoms with E-state index in [9.17, 15) is 5.11 Å². The molecule has 0 aromatic rings. The van der Waals surface area contributed by atoms with E-state index in [0.717, 1.165) is 18.3 Å². The Balaban J connectivity index is 1.74. The molecular formula is C20H32O. The van der Waals surface area contributed by atoms with E-state index < -0.39 is 0 Å². The van der Waals surface area contributed by atoms with Crippen LogP contribution in [0.1, 0.15) is 72.1 Å². The minimum absolute atomic E-state index is 0.0977. The van der Waals surface area contributed by atoms with Crippen LogP contribution in [0.4, 0.5) is 0 Å². The average molecular weight is 288 g/mol. The van der Waals surface area contributed by atoms with Gasteiger partial charge in [-0.25, -0.2) is 0 Å². The van der Waals surface area contributed by atoms with Crippen molar-refractivity contribution in [1.82, 2.24) is 0 Å². The van der Waals surface area contributed by atoms with E-state index in [1.165, 1.54) is 44.9 Å². The van der Waals surface area contributed by atoms with Crippen molar-refractivity contribution in [2.75, 3.05) is 0 Å². The molecule has 0 saturated heterocycles. The minimum Gasteiger partial charge on any atom is -0.393 e. The number of allylic oxidation sites excluding steroid dienone is 1. The van der Waals surface area contributed by atoms with Gasteiger partial charge in [-0.3, -0.25) is 0 Å². The Morgan fingerprint density at radius 3 is 2.52 bits per heavy atom. The van der Waals surface area contributed by atoms with Crippen molar-refractivity contribution in [3.8, 4) is 0 Å². The second-order valence-electron chi connectivity index (χ2n) is 9.70. The molecule has 2 bridgehead atoms. The maximum Gasteiger partial charge on any atom is 0.0594 e. The van der Waals surface area contributed by atoms with Gasteiger partial charge in [0, 0.05) is 0 Å². The number of hydrogen-bond donors (Lipinski definition) is 1. The molecule has 4 aliphatic carbocycles. The Labute approximate surface area is 130 Å². The lowest BCUT2D eigenvalue weighted by atomic mass is 9.41. The van der Waals surface area contributed by atoms with Crippen LogP contribution < -0.4 is 0 Å². The second-order valence-corrected chi connectivity index (χ2v) is 9.70. The molecule has 118 valence electrons. The average Bonchev–Trinajstić information content (AvgIpc) is 2.65. The molecule has 4 rings (SSSR count). The highest BCUT2D eigenvalue weighted by Crippen LogP contribution is 2.72. The predicted molar refractivity (Wildman–Crippen MR) is 86.9 cm³/mol. The fraction of sp³-hybridized carbons (Fsp3) is 0.900. The number of aliphatic hydroxyl groups excluding tert-OH is 1. The van der Waals surface area contributed by atoms with Gasteiger partial charge in [0.15, 0.2) is 0 Å². The van der Waals surface area contributed by atoms with Crippen molar-refractivity contribution < 1.29 is 5.11 Å². The topological polar surface area (TPSA) is 20.2 Å². The first kappa shape index (κ1) is 14.3. The van der Waals surface area contributed by atoms with Gasteiger partial charge in [0.1, 0.15) is 0 Å². The number of hydrogen-bond acceptors (Lipinski definition) is 1. The minimum atomic E-state index is -0.0977. The van der Waals surface area contributed by atoms with Crippen LogP contribution in [0.2, 0.25) is 0 Å². The summed E-state index contributed by atoms with van der Waals surface area (Å²) in [7, 11) is 0. The lowest BCUT2D eigenvalue weighted by Crippen LogP contribution is -2.59. The van der Waals surface area contributed by atoms with E-state index in [4.69, 9.17) is 0 Å². The van der Waals surface area contributed by atoms with Gasteiger partial charge < -0.3 is 5.11 Å². The Morgan fingerprint density at radius 1 is 1.00 bits per heavy atom. The monoisotopic (exact) mass is 288 g/mol. The molecule has 0 aliphatic heterocycles.